The third-order valence-electron chi connectivity index (χ3n) is 4.92. The number of rotatable bonds is 7. The molecule has 0 N–H and O–H groups in total. The Balaban J connectivity index is 1.68. The zero-order chi connectivity index (χ0) is 16.8. The van der Waals surface area contributed by atoms with Crippen LogP contribution in [0.5, 0.6) is 0 Å². The van der Waals surface area contributed by atoms with Gasteiger partial charge in [-0.2, -0.15) is 0 Å². The van der Waals surface area contributed by atoms with Crippen LogP contribution in [0.1, 0.15) is 25.3 Å². The number of hydrogen-bond donors (Lipinski definition) is 0. The molecule has 3 rings (SSSR count). The molecule has 1 fully saturated rings. The number of hydrogen-bond acceptors (Lipinski definition) is 3. The molecule has 0 spiro atoms. The number of halogens is 1. The molecule has 4 heteroatoms. The van der Waals surface area contributed by atoms with Gasteiger partial charge in [0.2, 0.25) is 0 Å². The van der Waals surface area contributed by atoms with E-state index >= 15 is 0 Å². The quantitative estimate of drug-likeness (QED) is 0.765. The molecule has 24 heavy (non-hydrogen) atoms. The molecular weight excluding hydrogens is 303 g/mol. The third kappa shape index (κ3) is 4.12. The first kappa shape index (κ1) is 16.9. The monoisotopic (exact) mass is 328 g/mol. The van der Waals surface area contributed by atoms with E-state index in [9.17, 15) is 4.39 Å². The Morgan fingerprint density at radius 3 is 2.79 bits per heavy atom. The molecule has 1 atom stereocenters. The molecule has 1 saturated heterocycles. The Morgan fingerprint density at radius 2 is 2.08 bits per heavy atom. The van der Waals surface area contributed by atoms with E-state index < -0.39 is 0 Å². The molecule has 2 aromatic rings. The minimum atomic E-state index is -0.175. The number of ether oxygens (including phenoxy) is 1. The molecular formula is C20H25FN2O. The maximum Gasteiger partial charge on any atom is 0.123 e. The average molecular weight is 328 g/mol. The second-order valence-corrected chi connectivity index (χ2v) is 6.65. The number of benzene rings is 1. The van der Waals surface area contributed by atoms with Crippen molar-refractivity contribution in [2.45, 2.75) is 26.2 Å². The van der Waals surface area contributed by atoms with E-state index in [1.807, 2.05) is 37.5 Å². The Kier molecular flexibility index (Phi) is 5.46. The van der Waals surface area contributed by atoms with Crippen molar-refractivity contribution < 1.29 is 9.13 Å². The van der Waals surface area contributed by atoms with E-state index in [2.05, 4.69) is 16.0 Å². The summed E-state index contributed by atoms with van der Waals surface area (Å²) in [5, 5.41) is 0. The van der Waals surface area contributed by atoms with Gasteiger partial charge in [0, 0.05) is 31.3 Å². The van der Waals surface area contributed by atoms with Crippen LogP contribution in [-0.4, -0.2) is 31.3 Å². The van der Waals surface area contributed by atoms with Gasteiger partial charge in [-0.1, -0.05) is 12.1 Å². The van der Waals surface area contributed by atoms with Gasteiger partial charge in [-0.3, -0.25) is 4.98 Å². The summed E-state index contributed by atoms with van der Waals surface area (Å²) in [5.74, 6) is -0.175. The van der Waals surface area contributed by atoms with Crippen LogP contribution in [0.25, 0.3) is 0 Å². The van der Waals surface area contributed by atoms with Crippen molar-refractivity contribution >= 4 is 5.69 Å². The highest BCUT2D eigenvalue weighted by molar-refractivity contribution is 5.45. The summed E-state index contributed by atoms with van der Waals surface area (Å²) in [6, 6.07) is 11.0. The van der Waals surface area contributed by atoms with Crippen molar-refractivity contribution in [1.29, 1.82) is 0 Å². The van der Waals surface area contributed by atoms with Gasteiger partial charge in [-0.15, -0.1) is 0 Å². The van der Waals surface area contributed by atoms with E-state index in [0.29, 0.717) is 0 Å². The second-order valence-electron chi connectivity index (χ2n) is 6.65. The summed E-state index contributed by atoms with van der Waals surface area (Å²) >= 11 is 0. The van der Waals surface area contributed by atoms with Gasteiger partial charge in [0.05, 0.1) is 18.5 Å². The summed E-state index contributed by atoms with van der Waals surface area (Å²) in [5.41, 5.74) is 2.52. The molecule has 0 saturated carbocycles. The molecule has 1 unspecified atom stereocenters. The van der Waals surface area contributed by atoms with Crippen LogP contribution >= 0.6 is 0 Å². The van der Waals surface area contributed by atoms with E-state index in [1.54, 1.807) is 12.1 Å². The lowest BCUT2D eigenvalue weighted by atomic mass is 9.82. The minimum Gasteiger partial charge on any atom is -0.381 e. The second kappa shape index (κ2) is 7.75. The highest BCUT2D eigenvalue weighted by Crippen LogP contribution is 2.37. The Hall–Kier alpha value is -1.94. The zero-order valence-corrected chi connectivity index (χ0v) is 14.2. The average Bonchev–Trinajstić information content (AvgIpc) is 3.05. The highest BCUT2D eigenvalue weighted by Gasteiger charge is 2.38. The first-order valence-corrected chi connectivity index (χ1v) is 8.68. The van der Waals surface area contributed by atoms with E-state index in [4.69, 9.17) is 4.74 Å². The summed E-state index contributed by atoms with van der Waals surface area (Å²) in [7, 11) is 0. The molecule has 1 aliphatic heterocycles. The van der Waals surface area contributed by atoms with Gasteiger partial charge in [0.15, 0.2) is 0 Å². The lowest BCUT2D eigenvalue weighted by Crippen LogP contribution is -2.32. The summed E-state index contributed by atoms with van der Waals surface area (Å²) < 4.78 is 18.9. The maximum absolute atomic E-state index is 13.1. The van der Waals surface area contributed by atoms with Crippen molar-refractivity contribution in [2.24, 2.45) is 5.41 Å². The van der Waals surface area contributed by atoms with Crippen molar-refractivity contribution in [1.82, 2.24) is 4.98 Å². The molecule has 1 aromatic carbocycles. The summed E-state index contributed by atoms with van der Waals surface area (Å²) in [6.45, 7) is 5.58. The fraction of sp³-hybridized carbons (Fsp3) is 0.450. The smallest absolute Gasteiger partial charge is 0.123 e. The third-order valence-corrected chi connectivity index (χ3v) is 4.92. The van der Waals surface area contributed by atoms with Crippen molar-refractivity contribution in [3.63, 3.8) is 0 Å². The van der Waals surface area contributed by atoms with Gasteiger partial charge in [-0.25, -0.2) is 4.39 Å². The number of pyridine rings is 1. The molecule has 0 aliphatic carbocycles. The molecule has 1 aliphatic rings. The molecule has 0 bridgehead atoms. The van der Waals surface area contributed by atoms with Crippen LogP contribution in [0.2, 0.25) is 0 Å². The Bertz CT molecular complexity index is 632. The Labute approximate surface area is 143 Å². The van der Waals surface area contributed by atoms with Crippen LogP contribution in [0.4, 0.5) is 10.1 Å². The maximum atomic E-state index is 13.1. The molecule has 3 nitrogen and oxygen atoms in total. The number of aryl methyl sites for hydroxylation is 1. The summed E-state index contributed by atoms with van der Waals surface area (Å²) in [6.07, 6.45) is 6.85. The first-order chi connectivity index (χ1) is 11.7. The first-order valence-electron chi connectivity index (χ1n) is 8.68. The molecule has 0 amide bonds. The topological polar surface area (TPSA) is 25.4 Å². The summed E-state index contributed by atoms with van der Waals surface area (Å²) in [4.78, 5) is 6.63. The fourth-order valence-corrected chi connectivity index (χ4v) is 3.47. The standard InChI is InChI=1S/C20H25FN2O/c1-2-24-16-20(10-9-17-5-7-18(21)8-6-17)11-13-23(15-20)19-4-3-12-22-14-19/h3-8,12,14H,2,9-11,13,15-16H2,1H3. The minimum absolute atomic E-state index is 0.153. The van der Waals surface area contributed by atoms with Gasteiger partial charge in [-0.05, 0) is 56.0 Å². The van der Waals surface area contributed by atoms with Crippen molar-refractivity contribution in [3.05, 3.63) is 60.2 Å². The van der Waals surface area contributed by atoms with Crippen molar-refractivity contribution in [2.75, 3.05) is 31.2 Å². The predicted molar refractivity (Wildman–Crippen MR) is 94.7 cm³/mol. The molecule has 128 valence electrons. The van der Waals surface area contributed by atoms with Crippen LogP contribution in [0.15, 0.2) is 48.8 Å². The van der Waals surface area contributed by atoms with E-state index in [-0.39, 0.29) is 11.2 Å². The van der Waals surface area contributed by atoms with E-state index in [1.165, 1.54) is 11.3 Å². The van der Waals surface area contributed by atoms with Crippen molar-refractivity contribution in [3.8, 4) is 0 Å². The van der Waals surface area contributed by atoms with Gasteiger partial charge < -0.3 is 9.64 Å². The largest absolute Gasteiger partial charge is 0.381 e. The molecule has 2 heterocycles. The van der Waals surface area contributed by atoms with Gasteiger partial charge in [0.1, 0.15) is 5.82 Å². The molecule has 1 aromatic heterocycles. The van der Waals surface area contributed by atoms with Gasteiger partial charge in [0.25, 0.3) is 0 Å². The fourth-order valence-electron chi connectivity index (χ4n) is 3.47. The van der Waals surface area contributed by atoms with Gasteiger partial charge >= 0.3 is 0 Å². The van der Waals surface area contributed by atoms with Crippen LogP contribution in [0.3, 0.4) is 0 Å². The normalized spacial score (nSPS) is 20.5. The zero-order valence-electron chi connectivity index (χ0n) is 14.2. The number of nitrogens with zero attached hydrogens (tertiary/aromatic N) is 2. The molecule has 0 radical (unpaired) electrons. The highest BCUT2D eigenvalue weighted by atomic mass is 19.1. The van der Waals surface area contributed by atoms with E-state index in [0.717, 1.165) is 45.6 Å². The Morgan fingerprint density at radius 1 is 1.25 bits per heavy atom. The van der Waals surface area contributed by atoms with Crippen LogP contribution in [-0.2, 0) is 11.2 Å². The SMILES string of the molecule is CCOCC1(CCc2ccc(F)cc2)CCN(c2cccnc2)C1. The number of anilines is 1. The lowest BCUT2D eigenvalue weighted by molar-refractivity contribution is 0.0573. The lowest BCUT2D eigenvalue weighted by Gasteiger charge is -2.29. The van der Waals surface area contributed by atoms with Crippen LogP contribution < -0.4 is 4.90 Å². The number of aromatic nitrogens is 1. The predicted octanol–water partition coefficient (Wildman–Crippen LogP) is 4.09. The van der Waals surface area contributed by atoms with Crippen LogP contribution in [0, 0.1) is 11.2 Å².